The number of amides is 3. The lowest BCUT2D eigenvalue weighted by Gasteiger charge is -2.21. The molecule has 4 rings (SSSR count). The lowest BCUT2D eigenvalue weighted by molar-refractivity contribution is 0.0989. The molecule has 2 aliphatic rings. The zero-order valence-electron chi connectivity index (χ0n) is 14.0. The van der Waals surface area contributed by atoms with Crippen molar-refractivity contribution in [3.63, 3.8) is 0 Å². The summed E-state index contributed by atoms with van der Waals surface area (Å²) in [6.45, 7) is 1.81. The zero-order valence-corrected chi connectivity index (χ0v) is 14.0. The molecule has 1 N–H and O–H groups in total. The van der Waals surface area contributed by atoms with E-state index in [1.54, 1.807) is 35.1 Å². The number of para-hydroxylation sites is 1. The molecule has 2 heterocycles. The molecular weight excluding hydrogens is 318 g/mol. The largest absolute Gasteiger partial charge is 0.495 e. The summed E-state index contributed by atoms with van der Waals surface area (Å²) in [7, 11) is 1.56. The third-order valence-electron chi connectivity index (χ3n) is 4.71. The Labute approximate surface area is 146 Å². The van der Waals surface area contributed by atoms with Crippen molar-refractivity contribution in [2.45, 2.75) is 6.42 Å². The smallest absolute Gasteiger partial charge is 0.322 e. The number of nitrogens with one attached hydrogen (secondary N) is 1. The minimum atomic E-state index is -0.172. The summed E-state index contributed by atoms with van der Waals surface area (Å²) >= 11 is 0. The Kier molecular flexibility index (Phi) is 3.80. The topological polar surface area (TPSA) is 61.9 Å². The van der Waals surface area contributed by atoms with Crippen LogP contribution in [0.25, 0.3) is 0 Å². The molecule has 2 aromatic carbocycles. The molecule has 0 aromatic heterocycles. The quantitative estimate of drug-likeness (QED) is 0.936. The molecule has 128 valence electrons. The van der Waals surface area contributed by atoms with Crippen LogP contribution < -0.4 is 19.9 Å². The number of methoxy groups -OCH3 is 1. The van der Waals surface area contributed by atoms with Crippen molar-refractivity contribution < 1.29 is 14.3 Å². The molecule has 0 spiro atoms. The van der Waals surface area contributed by atoms with E-state index in [1.807, 2.05) is 18.2 Å². The standard InChI is InChI=1S/C19H19N3O3/c1-25-17-7-6-14(12-16(17)22-11-9-20-19(22)24)18(23)21-10-8-13-4-2-3-5-15(13)21/h2-7,12H,8-11H2,1H3,(H,20,24). The van der Waals surface area contributed by atoms with E-state index in [-0.39, 0.29) is 11.9 Å². The monoisotopic (exact) mass is 337 g/mol. The number of carbonyl (C=O) groups is 2. The average molecular weight is 337 g/mol. The summed E-state index contributed by atoms with van der Waals surface area (Å²) in [5.74, 6) is 0.517. The summed E-state index contributed by atoms with van der Waals surface area (Å²) in [6.07, 6.45) is 0.861. The van der Waals surface area contributed by atoms with Crippen molar-refractivity contribution in [1.82, 2.24) is 5.32 Å². The average Bonchev–Trinajstić information content (AvgIpc) is 3.26. The van der Waals surface area contributed by atoms with E-state index in [2.05, 4.69) is 11.4 Å². The van der Waals surface area contributed by atoms with E-state index in [4.69, 9.17) is 4.74 Å². The third-order valence-corrected chi connectivity index (χ3v) is 4.71. The number of fused-ring (bicyclic) bond motifs is 1. The predicted molar refractivity (Wildman–Crippen MR) is 95.6 cm³/mol. The molecule has 25 heavy (non-hydrogen) atoms. The molecule has 1 saturated heterocycles. The molecule has 2 aromatic rings. The number of carbonyl (C=O) groups excluding carboxylic acids is 2. The summed E-state index contributed by atoms with van der Waals surface area (Å²) in [5, 5.41) is 2.77. The van der Waals surface area contributed by atoms with Gasteiger partial charge in [-0.15, -0.1) is 0 Å². The van der Waals surface area contributed by atoms with Crippen molar-refractivity contribution in [2.75, 3.05) is 36.5 Å². The van der Waals surface area contributed by atoms with Crippen molar-refractivity contribution in [3.8, 4) is 5.75 Å². The zero-order chi connectivity index (χ0) is 17.4. The first-order valence-corrected chi connectivity index (χ1v) is 8.32. The first kappa shape index (κ1) is 15.5. The number of urea groups is 1. The Morgan fingerprint density at radius 3 is 2.72 bits per heavy atom. The molecule has 0 bridgehead atoms. The van der Waals surface area contributed by atoms with Crippen molar-refractivity contribution in [3.05, 3.63) is 53.6 Å². The first-order chi connectivity index (χ1) is 12.2. The van der Waals surface area contributed by atoms with E-state index in [0.717, 1.165) is 12.1 Å². The summed E-state index contributed by atoms with van der Waals surface area (Å²) in [5.41, 5.74) is 3.32. The molecule has 0 radical (unpaired) electrons. The van der Waals surface area contributed by atoms with Gasteiger partial charge in [-0.3, -0.25) is 9.69 Å². The van der Waals surface area contributed by atoms with Crippen LogP contribution in [0.15, 0.2) is 42.5 Å². The van der Waals surface area contributed by atoms with Crippen molar-refractivity contribution >= 4 is 23.3 Å². The van der Waals surface area contributed by atoms with Crippen LogP contribution in [0.1, 0.15) is 15.9 Å². The van der Waals surface area contributed by atoms with Gasteiger partial charge in [-0.25, -0.2) is 4.79 Å². The van der Waals surface area contributed by atoms with Gasteiger partial charge in [0.1, 0.15) is 5.75 Å². The highest BCUT2D eigenvalue weighted by atomic mass is 16.5. The SMILES string of the molecule is COc1ccc(C(=O)N2CCc3ccccc32)cc1N1CCNC1=O. The molecule has 3 amide bonds. The maximum absolute atomic E-state index is 13.0. The van der Waals surface area contributed by atoms with Crippen LogP contribution in [0, 0.1) is 0 Å². The van der Waals surface area contributed by atoms with Crippen molar-refractivity contribution in [2.24, 2.45) is 0 Å². The Balaban J connectivity index is 1.69. The van der Waals surface area contributed by atoms with Gasteiger partial charge in [0.05, 0.1) is 12.8 Å². The molecule has 6 heteroatoms. The van der Waals surface area contributed by atoms with Crippen LogP contribution in [0.2, 0.25) is 0 Å². The molecule has 0 atom stereocenters. The number of hydrogen-bond acceptors (Lipinski definition) is 3. The number of anilines is 2. The van der Waals surface area contributed by atoms with Crippen LogP contribution in [0.3, 0.4) is 0 Å². The molecular formula is C19H19N3O3. The molecule has 0 saturated carbocycles. The molecule has 6 nitrogen and oxygen atoms in total. The minimum absolute atomic E-state index is 0.0616. The Hall–Kier alpha value is -3.02. The van der Waals surface area contributed by atoms with Crippen molar-refractivity contribution in [1.29, 1.82) is 0 Å². The van der Waals surface area contributed by atoms with Gasteiger partial charge in [0, 0.05) is 30.9 Å². The highest BCUT2D eigenvalue weighted by Crippen LogP contribution is 2.33. The molecule has 2 aliphatic heterocycles. The summed E-state index contributed by atoms with van der Waals surface area (Å²) < 4.78 is 5.38. The van der Waals surface area contributed by atoms with Gasteiger partial charge >= 0.3 is 6.03 Å². The number of nitrogens with zero attached hydrogens (tertiary/aromatic N) is 2. The maximum atomic E-state index is 13.0. The lowest BCUT2D eigenvalue weighted by atomic mass is 10.1. The first-order valence-electron chi connectivity index (χ1n) is 8.32. The van der Waals surface area contributed by atoms with E-state index in [9.17, 15) is 9.59 Å². The van der Waals surface area contributed by atoms with Gasteiger partial charge in [-0.05, 0) is 36.2 Å². The fraction of sp³-hybridized carbons (Fsp3) is 0.263. The fourth-order valence-corrected chi connectivity index (χ4v) is 3.44. The van der Waals surface area contributed by atoms with Gasteiger partial charge in [-0.2, -0.15) is 0 Å². The number of ether oxygens (including phenoxy) is 1. The summed E-state index contributed by atoms with van der Waals surface area (Å²) in [4.78, 5) is 28.4. The van der Waals surface area contributed by atoms with E-state index >= 15 is 0 Å². The van der Waals surface area contributed by atoms with Crippen LogP contribution in [0.4, 0.5) is 16.2 Å². The Morgan fingerprint density at radius 1 is 1.12 bits per heavy atom. The second-order valence-electron chi connectivity index (χ2n) is 6.11. The molecule has 0 aliphatic carbocycles. The van der Waals surface area contributed by atoms with Crippen LogP contribution in [-0.4, -0.2) is 38.7 Å². The fourth-order valence-electron chi connectivity index (χ4n) is 3.44. The van der Waals surface area contributed by atoms with E-state index in [0.29, 0.717) is 36.6 Å². The van der Waals surface area contributed by atoms with E-state index in [1.165, 1.54) is 5.56 Å². The second-order valence-corrected chi connectivity index (χ2v) is 6.11. The highest BCUT2D eigenvalue weighted by molar-refractivity contribution is 6.08. The maximum Gasteiger partial charge on any atom is 0.322 e. The third kappa shape index (κ3) is 2.59. The number of rotatable bonds is 3. The lowest BCUT2D eigenvalue weighted by Crippen LogP contribution is -2.30. The number of benzene rings is 2. The number of hydrogen-bond donors (Lipinski definition) is 1. The van der Waals surface area contributed by atoms with Gasteiger partial charge in [-0.1, -0.05) is 18.2 Å². The van der Waals surface area contributed by atoms with Gasteiger partial charge in [0.2, 0.25) is 0 Å². The van der Waals surface area contributed by atoms with Crippen LogP contribution in [0.5, 0.6) is 5.75 Å². The Morgan fingerprint density at radius 2 is 1.96 bits per heavy atom. The van der Waals surface area contributed by atoms with Gasteiger partial charge in [0.25, 0.3) is 5.91 Å². The minimum Gasteiger partial charge on any atom is -0.495 e. The van der Waals surface area contributed by atoms with Gasteiger partial charge in [0.15, 0.2) is 0 Å². The summed E-state index contributed by atoms with van der Waals surface area (Å²) in [6, 6.07) is 13.0. The van der Waals surface area contributed by atoms with Gasteiger partial charge < -0.3 is 15.0 Å². The normalized spacial score (nSPS) is 16.0. The molecule has 1 fully saturated rings. The predicted octanol–water partition coefficient (Wildman–Crippen LogP) is 2.43. The van der Waals surface area contributed by atoms with Crippen LogP contribution >= 0.6 is 0 Å². The van der Waals surface area contributed by atoms with Crippen LogP contribution in [-0.2, 0) is 6.42 Å². The van der Waals surface area contributed by atoms with E-state index < -0.39 is 0 Å². The second kappa shape index (κ2) is 6.12. The highest BCUT2D eigenvalue weighted by Gasteiger charge is 2.28. The Bertz CT molecular complexity index is 850. The molecule has 0 unspecified atom stereocenters.